The zero-order valence-electron chi connectivity index (χ0n) is 14.6. The summed E-state index contributed by atoms with van der Waals surface area (Å²) in [7, 11) is 0. The second-order valence-corrected chi connectivity index (χ2v) is 6.69. The van der Waals surface area contributed by atoms with Gasteiger partial charge in [0.2, 0.25) is 0 Å². The lowest BCUT2D eigenvalue weighted by Gasteiger charge is -2.19. The van der Waals surface area contributed by atoms with E-state index < -0.39 is 17.8 Å². The molecule has 0 bridgehead atoms. The highest BCUT2D eigenvalue weighted by Crippen LogP contribution is 2.37. The van der Waals surface area contributed by atoms with Crippen LogP contribution < -0.4 is 0 Å². The van der Waals surface area contributed by atoms with E-state index in [1.807, 2.05) is 18.2 Å². The van der Waals surface area contributed by atoms with Crippen LogP contribution in [0.4, 0.5) is 0 Å². The predicted octanol–water partition coefficient (Wildman–Crippen LogP) is 3.91. The third-order valence-electron chi connectivity index (χ3n) is 4.26. The summed E-state index contributed by atoms with van der Waals surface area (Å²) in [4.78, 5) is 12.6. The van der Waals surface area contributed by atoms with Gasteiger partial charge in [-0.2, -0.15) is 0 Å². The quantitative estimate of drug-likeness (QED) is 0.509. The average Bonchev–Trinajstić information content (AvgIpc) is 2.58. The maximum atomic E-state index is 12.6. The summed E-state index contributed by atoms with van der Waals surface area (Å²) >= 11 is 6.11. The number of aliphatic hydroxyl groups is 1. The van der Waals surface area contributed by atoms with Gasteiger partial charge in [-0.25, -0.2) is 4.79 Å². The molecule has 0 aromatic heterocycles. The van der Waals surface area contributed by atoms with Crippen molar-refractivity contribution in [1.82, 2.24) is 0 Å². The zero-order valence-corrected chi connectivity index (χ0v) is 15.3. The highest BCUT2D eigenvalue weighted by Gasteiger charge is 2.26. The van der Waals surface area contributed by atoms with Gasteiger partial charge in [-0.3, -0.25) is 0 Å². The smallest absolute Gasteiger partial charge is 0.342 e. The van der Waals surface area contributed by atoms with Crippen molar-refractivity contribution in [2.24, 2.45) is 5.92 Å². The molecule has 140 valence electrons. The fourth-order valence-electron chi connectivity index (χ4n) is 2.80. The number of esters is 1. The number of rotatable bonds is 1. The molecule has 0 saturated carbocycles. The van der Waals surface area contributed by atoms with Crippen molar-refractivity contribution in [3.05, 3.63) is 59.2 Å². The summed E-state index contributed by atoms with van der Waals surface area (Å²) in [6.07, 6.45) is 8.76. The lowest BCUT2D eigenvalue weighted by atomic mass is 9.98. The summed E-state index contributed by atoms with van der Waals surface area (Å²) in [5.74, 6) is -1.43. The molecule has 3 atom stereocenters. The van der Waals surface area contributed by atoms with Crippen LogP contribution in [0.25, 0.3) is 0 Å². The van der Waals surface area contributed by atoms with E-state index in [1.165, 1.54) is 6.08 Å². The highest BCUT2D eigenvalue weighted by molar-refractivity contribution is 6.33. The minimum absolute atomic E-state index is 0.0607. The molecule has 2 rings (SSSR count). The Hall–Kier alpha value is -2.24. The Bertz CT molecular complexity index is 738. The Morgan fingerprint density at radius 2 is 1.92 bits per heavy atom. The van der Waals surface area contributed by atoms with E-state index in [4.69, 9.17) is 16.3 Å². The van der Waals surface area contributed by atoms with Crippen molar-refractivity contribution in [3.8, 4) is 11.5 Å². The molecule has 0 radical (unpaired) electrons. The number of allylic oxidation sites excluding steroid dienone is 4. The van der Waals surface area contributed by atoms with Crippen molar-refractivity contribution < 1.29 is 24.9 Å². The van der Waals surface area contributed by atoms with Crippen LogP contribution in [0.1, 0.15) is 35.7 Å². The lowest BCUT2D eigenvalue weighted by molar-refractivity contribution is 0.0312. The summed E-state index contributed by atoms with van der Waals surface area (Å²) < 4.78 is 5.43. The molecule has 0 spiro atoms. The molecule has 0 aliphatic carbocycles. The van der Waals surface area contributed by atoms with Gasteiger partial charge in [-0.05, 0) is 31.2 Å². The van der Waals surface area contributed by atoms with Crippen LogP contribution in [0.3, 0.4) is 0 Å². The van der Waals surface area contributed by atoms with Crippen molar-refractivity contribution in [2.45, 2.75) is 38.4 Å². The summed E-state index contributed by atoms with van der Waals surface area (Å²) in [5, 5.41) is 30.1. The zero-order chi connectivity index (χ0) is 19.3. The molecule has 0 amide bonds. The van der Waals surface area contributed by atoms with Crippen LogP contribution in [0.15, 0.2) is 43.0 Å². The first-order valence-corrected chi connectivity index (χ1v) is 8.81. The fraction of sp³-hybridized carbons (Fsp3) is 0.350. The minimum Gasteiger partial charge on any atom is -0.507 e. The second kappa shape index (κ2) is 8.92. The monoisotopic (exact) mass is 378 g/mol. The van der Waals surface area contributed by atoms with Crippen molar-refractivity contribution in [3.63, 3.8) is 0 Å². The number of fused-ring (bicyclic) bond motifs is 1. The third kappa shape index (κ3) is 4.90. The number of benzene rings is 1. The summed E-state index contributed by atoms with van der Waals surface area (Å²) in [6.45, 7) is 5.56. The Labute approximate surface area is 157 Å². The Kier molecular flexibility index (Phi) is 6.89. The van der Waals surface area contributed by atoms with Crippen molar-refractivity contribution in [1.29, 1.82) is 0 Å². The van der Waals surface area contributed by atoms with Crippen LogP contribution >= 0.6 is 11.6 Å². The van der Waals surface area contributed by atoms with Crippen LogP contribution in [-0.4, -0.2) is 33.5 Å². The average molecular weight is 379 g/mol. The number of halogens is 1. The SMILES string of the molecule is C=C[C@@H]1/C=C\C=C\C(O)Cc2c(Cl)c(O)cc(O)c2C(=O)O[C@H](C)CC1. The van der Waals surface area contributed by atoms with E-state index in [0.29, 0.717) is 6.42 Å². The molecular formula is C20H23ClO5. The number of aliphatic hydroxyl groups excluding tert-OH is 1. The molecule has 6 heteroatoms. The Balaban J connectivity index is 2.47. The van der Waals surface area contributed by atoms with Crippen LogP contribution in [0.5, 0.6) is 11.5 Å². The number of hydrogen-bond donors (Lipinski definition) is 3. The standard InChI is InChI=1S/C20H23ClO5/c1-3-13-6-4-5-7-14(22)10-15-18(16(23)11-17(24)19(15)21)20(25)26-12(2)8-9-13/h3-7,11-14,22-24H,1,8-10H2,2H3/b6-4-,7-5+/t12-,13-,14?/m1/s1. The van der Waals surface area contributed by atoms with Crippen molar-refractivity contribution >= 4 is 17.6 Å². The highest BCUT2D eigenvalue weighted by atomic mass is 35.5. The maximum absolute atomic E-state index is 12.6. The largest absolute Gasteiger partial charge is 0.507 e. The molecular weight excluding hydrogens is 356 g/mol. The maximum Gasteiger partial charge on any atom is 0.342 e. The molecule has 0 saturated heterocycles. The number of carbonyl (C=O) groups is 1. The van der Waals surface area contributed by atoms with Gasteiger partial charge in [-0.15, -0.1) is 6.58 Å². The van der Waals surface area contributed by atoms with Gasteiger partial charge in [0.25, 0.3) is 0 Å². The third-order valence-corrected chi connectivity index (χ3v) is 4.68. The van der Waals surface area contributed by atoms with Gasteiger partial charge in [0.15, 0.2) is 0 Å². The number of phenols is 2. The molecule has 1 aliphatic rings. The van der Waals surface area contributed by atoms with E-state index in [1.54, 1.807) is 13.0 Å². The first kappa shape index (κ1) is 20.1. The lowest BCUT2D eigenvalue weighted by Crippen LogP contribution is -2.19. The number of aromatic hydroxyl groups is 2. The van der Waals surface area contributed by atoms with E-state index >= 15 is 0 Å². The van der Waals surface area contributed by atoms with E-state index in [0.717, 1.165) is 12.5 Å². The number of ether oxygens (including phenoxy) is 1. The molecule has 1 aliphatic heterocycles. The van der Waals surface area contributed by atoms with Gasteiger partial charge in [-0.1, -0.05) is 42.0 Å². The van der Waals surface area contributed by atoms with Crippen LogP contribution in [0.2, 0.25) is 5.02 Å². The van der Waals surface area contributed by atoms with Gasteiger partial charge >= 0.3 is 5.97 Å². The molecule has 3 N–H and O–H groups in total. The molecule has 5 nitrogen and oxygen atoms in total. The normalized spacial score (nSPS) is 26.9. The van der Waals surface area contributed by atoms with E-state index in [-0.39, 0.29) is 40.3 Å². The first-order chi connectivity index (χ1) is 12.3. The van der Waals surface area contributed by atoms with Crippen LogP contribution in [0, 0.1) is 5.92 Å². The van der Waals surface area contributed by atoms with E-state index in [2.05, 4.69) is 6.58 Å². The number of carbonyl (C=O) groups excluding carboxylic acids is 1. The topological polar surface area (TPSA) is 87.0 Å². The van der Waals surface area contributed by atoms with Gasteiger partial charge in [0, 0.05) is 12.5 Å². The minimum atomic E-state index is -0.965. The van der Waals surface area contributed by atoms with Crippen LogP contribution in [-0.2, 0) is 11.2 Å². The first-order valence-electron chi connectivity index (χ1n) is 8.43. The second-order valence-electron chi connectivity index (χ2n) is 6.32. The van der Waals surface area contributed by atoms with E-state index in [9.17, 15) is 20.1 Å². The van der Waals surface area contributed by atoms with Gasteiger partial charge in [0.1, 0.15) is 17.1 Å². The fourth-order valence-corrected chi connectivity index (χ4v) is 3.03. The molecule has 1 aromatic carbocycles. The molecule has 1 unspecified atom stereocenters. The summed E-state index contributed by atoms with van der Waals surface area (Å²) in [5.41, 5.74) is 0.00324. The number of phenolic OH excluding ortho intramolecular Hbond substituents is 2. The number of cyclic esters (lactones) is 1. The predicted molar refractivity (Wildman–Crippen MR) is 101 cm³/mol. The molecule has 1 aromatic rings. The van der Waals surface area contributed by atoms with Crippen molar-refractivity contribution in [2.75, 3.05) is 0 Å². The molecule has 0 fully saturated rings. The number of hydrogen-bond acceptors (Lipinski definition) is 5. The van der Waals surface area contributed by atoms with Gasteiger partial charge < -0.3 is 20.1 Å². The Morgan fingerprint density at radius 1 is 1.23 bits per heavy atom. The Morgan fingerprint density at radius 3 is 2.62 bits per heavy atom. The van der Waals surface area contributed by atoms with Gasteiger partial charge in [0.05, 0.1) is 17.2 Å². The molecule has 26 heavy (non-hydrogen) atoms. The summed E-state index contributed by atoms with van der Waals surface area (Å²) in [6, 6.07) is 0.995. The molecule has 1 heterocycles.